The first-order valence-corrected chi connectivity index (χ1v) is 8.19. The zero-order valence-electron chi connectivity index (χ0n) is 13.3. The van der Waals surface area contributed by atoms with Crippen LogP contribution < -0.4 is 10.6 Å². The predicted molar refractivity (Wildman–Crippen MR) is 101 cm³/mol. The number of aliphatic imine (C=N–C) groups is 1. The monoisotopic (exact) mass is 414 g/mol. The zero-order valence-corrected chi connectivity index (χ0v) is 15.6. The quantitative estimate of drug-likeness (QED) is 0.442. The van der Waals surface area contributed by atoms with Crippen molar-refractivity contribution in [2.75, 3.05) is 13.6 Å². The topological polar surface area (TPSA) is 49.3 Å². The summed E-state index contributed by atoms with van der Waals surface area (Å²) in [5, 5.41) is 6.76. The van der Waals surface area contributed by atoms with Crippen molar-refractivity contribution < 1.29 is 0 Å². The van der Waals surface area contributed by atoms with Crippen LogP contribution in [0.4, 0.5) is 0 Å². The summed E-state index contributed by atoms with van der Waals surface area (Å²) in [6, 6.07) is 5.97. The normalized spacial score (nSPS) is 26.6. The summed E-state index contributed by atoms with van der Waals surface area (Å²) in [4.78, 5) is 8.59. The molecule has 2 aliphatic carbocycles. The second-order valence-corrected chi connectivity index (χ2v) is 6.40. The molecule has 3 rings (SSSR count). The molecule has 2 fully saturated rings. The molecule has 3 atom stereocenters. The number of guanidine groups is 1. The lowest BCUT2D eigenvalue weighted by Crippen LogP contribution is -2.38. The molecule has 2 bridgehead atoms. The number of hydrogen-bond donors (Lipinski definition) is 2. The van der Waals surface area contributed by atoms with E-state index in [1.807, 2.05) is 31.4 Å². The Morgan fingerprint density at radius 2 is 2.18 bits per heavy atom. The van der Waals surface area contributed by atoms with E-state index in [1.165, 1.54) is 32.1 Å². The molecule has 1 aromatic heterocycles. The van der Waals surface area contributed by atoms with E-state index < -0.39 is 0 Å². The summed E-state index contributed by atoms with van der Waals surface area (Å²) < 4.78 is 0. The first-order chi connectivity index (χ1) is 10.3. The molecule has 2 saturated carbocycles. The number of nitrogens with one attached hydrogen (secondary N) is 2. The van der Waals surface area contributed by atoms with Gasteiger partial charge in [0.2, 0.25) is 0 Å². The Morgan fingerprint density at radius 3 is 2.82 bits per heavy atom. The van der Waals surface area contributed by atoms with Crippen molar-refractivity contribution in [1.82, 2.24) is 15.6 Å². The minimum absolute atomic E-state index is 0. The van der Waals surface area contributed by atoms with Crippen LogP contribution in [0.1, 0.15) is 37.8 Å². The lowest BCUT2D eigenvalue weighted by atomic mass is 9.86. The zero-order chi connectivity index (χ0) is 14.5. The van der Waals surface area contributed by atoms with Crippen LogP contribution in [0.25, 0.3) is 0 Å². The van der Waals surface area contributed by atoms with Crippen molar-refractivity contribution in [3.8, 4) is 0 Å². The van der Waals surface area contributed by atoms with Crippen LogP contribution in [0.2, 0.25) is 0 Å². The van der Waals surface area contributed by atoms with Gasteiger partial charge in [-0.25, -0.2) is 0 Å². The fourth-order valence-corrected chi connectivity index (χ4v) is 4.00. The largest absolute Gasteiger partial charge is 0.356 e. The number of hydrogen-bond acceptors (Lipinski definition) is 2. The molecule has 2 N–H and O–H groups in total. The van der Waals surface area contributed by atoms with Crippen molar-refractivity contribution in [1.29, 1.82) is 0 Å². The molecule has 0 amide bonds. The SMILES string of the molecule is CN=C(NCCC1CC2CCC1C2)NCc1ccccn1.I. The second-order valence-electron chi connectivity index (χ2n) is 6.40. The summed E-state index contributed by atoms with van der Waals surface area (Å²) in [5.41, 5.74) is 1.04. The van der Waals surface area contributed by atoms with Gasteiger partial charge in [-0.3, -0.25) is 9.98 Å². The van der Waals surface area contributed by atoms with Gasteiger partial charge in [-0.05, 0) is 55.6 Å². The minimum atomic E-state index is 0. The molecule has 3 unspecified atom stereocenters. The number of aromatic nitrogens is 1. The molecule has 1 heterocycles. The lowest BCUT2D eigenvalue weighted by molar-refractivity contribution is 0.315. The van der Waals surface area contributed by atoms with Gasteiger partial charge in [0.15, 0.2) is 5.96 Å². The Bertz CT molecular complexity index is 477. The highest BCUT2D eigenvalue weighted by Crippen LogP contribution is 2.49. The molecule has 0 aromatic carbocycles. The summed E-state index contributed by atoms with van der Waals surface area (Å²) >= 11 is 0. The van der Waals surface area contributed by atoms with Crippen LogP contribution in [0.15, 0.2) is 29.4 Å². The molecular formula is C17H27IN4. The van der Waals surface area contributed by atoms with Gasteiger partial charge in [-0.15, -0.1) is 24.0 Å². The molecule has 4 nitrogen and oxygen atoms in total. The van der Waals surface area contributed by atoms with E-state index in [2.05, 4.69) is 20.6 Å². The Labute approximate surface area is 150 Å². The van der Waals surface area contributed by atoms with Gasteiger partial charge >= 0.3 is 0 Å². The predicted octanol–water partition coefficient (Wildman–Crippen LogP) is 3.19. The highest BCUT2D eigenvalue weighted by molar-refractivity contribution is 14.0. The van der Waals surface area contributed by atoms with E-state index in [1.54, 1.807) is 0 Å². The standard InChI is InChI=1S/C17H26N4.HI/c1-18-17(21-12-16-4-2-3-8-19-16)20-9-7-15-11-13-5-6-14(15)10-13;/h2-4,8,13-15H,5-7,9-12H2,1H3,(H2,18,20,21);1H. The molecule has 1 aromatic rings. The molecule has 5 heteroatoms. The van der Waals surface area contributed by atoms with Crippen LogP contribution in [0.3, 0.4) is 0 Å². The third-order valence-electron chi connectivity index (χ3n) is 5.08. The highest BCUT2D eigenvalue weighted by atomic mass is 127. The van der Waals surface area contributed by atoms with Crippen LogP contribution in [-0.4, -0.2) is 24.5 Å². The fraction of sp³-hybridized carbons (Fsp3) is 0.647. The van der Waals surface area contributed by atoms with Crippen molar-refractivity contribution in [3.05, 3.63) is 30.1 Å². The first-order valence-electron chi connectivity index (χ1n) is 8.19. The third-order valence-corrected chi connectivity index (χ3v) is 5.08. The molecule has 22 heavy (non-hydrogen) atoms. The summed E-state index contributed by atoms with van der Waals surface area (Å²) in [5.74, 6) is 3.89. The van der Waals surface area contributed by atoms with Crippen LogP contribution in [0, 0.1) is 17.8 Å². The van der Waals surface area contributed by atoms with Gasteiger partial charge in [-0.2, -0.15) is 0 Å². The minimum Gasteiger partial charge on any atom is -0.356 e. The number of halogens is 1. The molecule has 0 aliphatic heterocycles. The van der Waals surface area contributed by atoms with Gasteiger partial charge in [0.25, 0.3) is 0 Å². The fourth-order valence-electron chi connectivity index (χ4n) is 4.00. The molecule has 0 saturated heterocycles. The Hall–Kier alpha value is -0.850. The van der Waals surface area contributed by atoms with E-state index in [9.17, 15) is 0 Å². The Balaban J connectivity index is 0.00000176. The van der Waals surface area contributed by atoms with E-state index in [0.717, 1.165) is 36.0 Å². The molecule has 122 valence electrons. The van der Waals surface area contributed by atoms with Gasteiger partial charge in [0, 0.05) is 19.8 Å². The maximum atomic E-state index is 4.31. The molecular weight excluding hydrogens is 387 g/mol. The van der Waals surface area contributed by atoms with Crippen LogP contribution in [0.5, 0.6) is 0 Å². The molecule has 0 spiro atoms. The summed E-state index contributed by atoms with van der Waals surface area (Å²) in [6.07, 6.45) is 9.03. The number of rotatable bonds is 5. The number of pyridine rings is 1. The molecule has 2 aliphatic rings. The highest BCUT2D eigenvalue weighted by Gasteiger charge is 2.38. The van der Waals surface area contributed by atoms with Crippen molar-refractivity contribution in [2.45, 2.75) is 38.6 Å². The van der Waals surface area contributed by atoms with Gasteiger partial charge in [-0.1, -0.05) is 12.5 Å². The van der Waals surface area contributed by atoms with E-state index in [4.69, 9.17) is 0 Å². The molecule has 0 radical (unpaired) electrons. The number of nitrogens with zero attached hydrogens (tertiary/aromatic N) is 2. The Kier molecular flexibility index (Phi) is 6.92. The maximum absolute atomic E-state index is 4.31. The van der Waals surface area contributed by atoms with E-state index in [0.29, 0.717) is 6.54 Å². The van der Waals surface area contributed by atoms with Crippen LogP contribution in [-0.2, 0) is 6.54 Å². The van der Waals surface area contributed by atoms with Crippen molar-refractivity contribution in [2.24, 2.45) is 22.7 Å². The average Bonchev–Trinajstić information content (AvgIpc) is 3.14. The first kappa shape index (κ1) is 17.5. The maximum Gasteiger partial charge on any atom is 0.191 e. The third kappa shape index (κ3) is 4.57. The van der Waals surface area contributed by atoms with Crippen LogP contribution >= 0.6 is 24.0 Å². The number of fused-ring (bicyclic) bond motifs is 2. The second kappa shape index (κ2) is 8.70. The van der Waals surface area contributed by atoms with Gasteiger partial charge in [0.05, 0.1) is 12.2 Å². The van der Waals surface area contributed by atoms with Gasteiger partial charge in [0.1, 0.15) is 0 Å². The smallest absolute Gasteiger partial charge is 0.191 e. The van der Waals surface area contributed by atoms with Crippen molar-refractivity contribution >= 4 is 29.9 Å². The van der Waals surface area contributed by atoms with Gasteiger partial charge < -0.3 is 10.6 Å². The van der Waals surface area contributed by atoms with E-state index >= 15 is 0 Å². The summed E-state index contributed by atoms with van der Waals surface area (Å²) in [7, 11) is 1.82. The average molecular weight is 414 g/mol. The summed E-state index contributed by atoms with van der Waals surface area (Å²) in [6.45, 7) is 1.74. The van der Waals surface area contributed by atoms with Crippen molar-refractivity contribution in [3.63, 3.8) is 0 Å². The Morgan fingerprint density at radius 1 is 1.27 bits per heavy atom. The lowest BCUT2D eigenvalue weighted by Gasteiger charge is -2.22. The van der Waals surface area contributed by atoms with E-state index in [-0.39, 0.29) is 24.0 Å².